The molecule has 92 valence electrons. The van der Waals surface area contributed by atoms with Crippen LogP contribution in [0.15, 0.2) is 30.3 Å². The number of ether oxygens (including phenoxy) is 1. The molecule has 0 radical (unpaired) electrons. The molecule has 0 aromatic heterocycles. The van der Waals surface area contributed by atoms with Crippen LogP contribution >= 0.6 is 0 Å². The highest BCUT2D eigenvalue weighted by molar-refractivity contribution is 5.89. The summed E-state index contributed by atoms with van der Waals surface area (Å²) >= 11 is 0. The van der Waals surface area contributed by atoms with Crippen molar-refractivity contribution in [2.24, 2.45) is 5.92 Å². The highest BCUT2D eigenvalue weighted by atomic mass is 16.5. The minimum Gasteiger partial charge on any atom is -0.481 e. The molecule has 0 saturated heterocycles. The lowest BCUT2D eigenvalue weighted by atomic mass is 10.0. The first-order chi connectivity index (χ1) is 8.06. The first kappa shape index (κ1) is 13.2. The van der Waals surface area contributed by atoms with Crippen molar-refractivity contribution in [3.63, 3.8) is 0 Å². The maximum absolute atomic E-state index is 11.7. The molecule has 4 nitrogen and oxygen atoms in total. The van der Waals surface area contributed by atoms with Crippen LogP contribution in [-0.2, 0) is 9.53 Å². The van der Waals surface area contributed by atoms with Crippen molar-refractivity contribution >= 4 is 11.9 Å². The summed E-state index contributed by atoms with van der Waals surface area (Å²) in [6, 6.07) is 8.53. The van der Waals surface area contributed by atoms with E-state index < -0.39 is 24.0 Å². The highest BCUT2D eigenvalue weighted by Crippen LogP contribution is 2.14. The third-order valence-electron chi connectivity index (χ3n) is 2.63. The smallest absolute Gasteiger partial charge is 0.338 e. The Bertz CT molecular complexity index is 386. The summed E-state index contributed by atoms with van der Waals surface area (Å²) in [6.07, 6.45) is -0.205. The molecule has 1 aromatic rings. The second kappa shape index (κ2) is 6.03. The minimum atomic E-state index is -0.944. The van der Waals surface area contributed by atoms with Crippen molar-refractivity contribution in [1.82, 2.24) is 0 Å². The lowest BCUT2D eigenvalue weighted by Gasteiger charge is -2.19. The number of carboxylic acids is 1. The molecule has 0 amide bonds. The Morgan fingerprint density at radius 2 is 1.88 bits per heavy atom. The van der Waals surface area contributed by atoms with Gasteiger partial charge in [0.25, 0.3) is 0 Å². The first-order valence-electron chi connectivity index (χ1n) is 5.55. The molecule has 17 heavy (non-hydrogen) atoms. The van der Waals surface area contributed by atoms with Crippen molar-refractivity contribution in [3.8, 4) is 0 Å². The quantitative estimate of drug-likeness (QED) is 0.797. The summed E-state index contributed by atoms with van der Waals surface area (Å²) in [5, 5.41) is 8.94. The van der Waals surface area contributed by atoms with E-state index >= 15 is 0 Å². The van der Waals surface area contributed by atoms with E-state index in [1.165, 1.54) is 0 Å². The Balaban J connectivity index is 2.66. The van der Waals surface area contributed by atoms with Gasteiger partial charge in [-0.3, -0.25) is 4.79 Å². The number of carboxylic acid groups (broad SMARTS) is 1. The molecular formula is C13H16O4. The van der Waals surface area contributed by atoms with Gasteiger partial charge in [0.2, 0.25) is 0 Å². The van der Waals surface area contributed by atoms with Crippen molar-refractivity contribution in [1.29, 1.82) is 0 Å². The third kappa shape index (κ3) is 3.59. The van der Waals surface area contributed by atoms with Crippen molar-refractivity contribution in [2.75, 3.05) is 0 Å². The molecule has 1 aromatic carbocycles. The van der Waals surface area contributed by atoms with Gasteiger partial charge in [0, 0.05) is 0 Å². The maximum Gasteiger partial charge on any atom is 0.338 e. The van der Waals surface area contributed by atoms with E-state index in [0.717, 1.165) is 0 Å². The van der Waals surface area contributed by atoms with Gasteiger partial charge in [-0.15, -0.1) is 0 Å². The second-order valence-electron chi connectivity index (χ2n) is 3.83. The number of hydrogen-bond acceptors (Lipinski definition) is 3. The molecule has 0 aliphatic heterocycles. The van der Waals surface area contributed by atoms with Gasteiger partial charge in [-0.1, -0.05) is 25.1 Å². The number of carbonyl (C=O) groups is 2. The topological polar surface area (TPSA) is 63.6 Å². The van der Waals surface area contributed by atoms with E-state index in [9.17, 15) is 9.59 Å². The minimum absolute atomic E-state index is 0.429. The van der Waals surface area contributed by atoms with Crippen LogP contribution < -0.4 is 0 Å². The molecule has 0 saturated carbocycles. The van der Waals surface area contributed by atoms with Crippen molar-refractivity contribution in [2.45, 2.75) is 26.4 Å². The zero-order valence-corrected chi connectivity index (χ0v) is 9.92. The van der Waals surface area contributed by atoms with Crippen LogP contribution in [-0.4, -0.2) is 23.1 Å². The zero-order valence-electron chi connectivity index (χ0n) is 9.92. The zero-order chi connectivity index (χ0) is 12.8. The van der Waals surface area contributed by atoms with Crippen molar-refractivity contribution < 1.29 is 19.4 Å². The summed E-state index contributed by atoms with van der Waals surface area (Å²) in [6.45, 7) is 3.36. The van der Waals surface area contributed by atoms with Gasteiger partial charge in [-0.05, 0) is 25.5 Å². The van der Waals surface area contributed by atoms with E-state index in [2.05, 4.69) is 0 Å². The van der Waals surface area contributed by atoms with Gasteiger partial charge in [-0.2, -0.15) is 0 Å². The van der Waals surface area contributed by atoms with Gasteiger partial charge >= 0.3 is 11.9 Å². The fourth-order valence-corrected chi connectivity index (χ4v) is 1.60. The summed E-state index contributed by atoms with van der Waals surface area (Å²) < 4.78 is 5.13. The number of esters is 1. The van der Waals surface area contributed by atoms with Gasteiger partial charge in [0.1, 0.15) is 6.10 Å². The molecule has 4 heteroatoms. The summed E-state index contributed by atoms with van der Waals surface area (Å²) in [7, 11) is 0. The Kier molecular flexibility index (Phi) is 4.69. The van der Waals surface area contributed by atoms with E-state index in [1.807, 2.05) is 0 Å². The number of hydrogen-bond donors (Lipinski definition) is 1. The Hall–Kier alpha value is -1.84. The van der Waals surface area contributed by atoms with Crippen LogP contribution in [0.1, 0.15) is 30.6 Å². The Labute approximate surface area is 100 Å². The van der Waals surface area contributed by atoms with Crippen LogP contribution in [0.2, 0.25) is 0 Å². The number of carbonyl (C=O) groups excluding carboxylic acids is 1. The van der Waals surface area contributed by atoms with Crippen LogP contribution in [0.25, 0.3) is 0 Å². The van der Waals surface area contributed by atoms with Gasteiger partial charge in [0.15, 0.2) is 0 Å². The van der Waals surface area contributed by atoms with Gasteiger partial charge in [-0.25, -0.2) is 4.79 Å². The fourth-order valence-electron chi connectivity index (χ4n) is 1.60. The summed E-state index contributed by atoms with van der Waals surface area (Å²) in [5.74, 6) is -2.10. The summed E-state index contributed by atoms with van der Waals surface area (Å²) in [4.78, 5) is 22.6. The molecule has 1 rings (SSSR count). The predicted octanol–water partition coefficient (Wildman–Crippen LogP) is 2.34. The SMILES string of the molecule is CCC(C(=O)O)C(C)OC(=O)c1ccccc1. The second-order valence-corrected chi connectivity index (χ2v) is 3.83. The standard InChI is InChI=1S/C13H16O4/c1-3-11(12(14)15)9(2)17-13(16)10-7-5-4-6-8-10/h4-9,11H,3H2,1-2H3,(H,14,15). The normalized spacial score (nSPS) is 13.8. The average Bonchev–Trinajstić information content (AvgIpc) is 2.30. The van der Waals surface area contributed by atoms with Crippen LogP contribution in [0.5, 0.6) is 0 Å². The van der Waals surface area contributed by atoms with Crippen LogP contribution in [0, 0.1) is 5.92 Å². The van der Waals surface area contributed by atoms with E-state index in [0.29, 0.717) is 12.0 Å². The predicted molar refractivity (Wildman–Crippen MR) is 62.7 cm³/mol. The maximum atomic E-state index is 11.7. The molecule has 0 aliphatic rings. The number of benzene rings is 1. The third-order valence-corrected chi connectivity index (χ3v) is 2.63. The molecule has 2 unspecified atom stereocenters. The Morgan fingerprint density at radius 1 is 1.29 bits per heavy atom. The Morgan fingerprint density at radius 3 is 2.35 bits per heavy atom. The molecule has 0 heterocycles. The van der Waals surface area contributed by atoms with E-state index in [4.69, 9.17) is 9.84 Å². The van der Waals surface area contributed by atoms with E-state index in [1.54, 1.807) is 44.2 Å². The largest absolute Gasteiger partial charge is 0.481 e. The van der Waals surface area contributed by atoms with Crippen LogP contribution in [0.3, 0.4) is 0 Å². The lowest BCUT2D eigenvalue weighted by molar-refractivity contribution is -0.145. The molecule has 1 N–H and O–H groups in total. The average molecular weight is 236 g/mol. The molecule has 2 atom stereocenters. The van der Waals surface area contributed by atoms with Crippen molar-refractivity contribution in [3.05, 3.63) is 35.9 Å². The number of rotatable bonds is 5. The van der Waals surface area contributed by atoms with Crippen LogP contribution in [0.4, 0.5) is 0 Å². The molecule has 0 bridgehead atoms. The molecule has 0 spiro atoms. The molecule has 0 aliphatic carbocycles. The van der Waals surface area contributed by atoms with Gasteiger partial charge < -0.3 is 9.84 Å². The highest BCUT2D eigenvalue weighted by Gasteiger charge is 2.26. The monoisotopic (exact) mass is 236 g/mol. The van der Waals surface area contributed by atoms with E-state index in [-0.39, 0.29) is 0 Å². The van der Waals surface area contributed by atoms with Gasteiger partial charge in [0.05, 0.1) is 11.5 Å². The first-order valence-corrected chi connectivity index (χ1v) is 5.55. The molecule has 0 fully saturated rings. The number of aliphatic carboxylic acids is 1. The summed E-state index contributed by atoms with van der Waals surface area (Å²) in [5.41, 5.74) is 0.430. The lowest BCUT2D eigenvalue weighted by Crippen LogP contribution is -2.29. The molecular weight excluding hydrogens is 220 g/mol. The fraction of sp³-hybridized carbons (Fsp3) is 0.385.